The molecule has 0 saturated carbocycles. The van der Waals surface area contributed by atoms with Crippen LogP contribution in [0.3, 0.4) is 0 Å². The van der Waals surface area contributed by atoms with E-state index in [0.29, 0.717) is 0 Å². The number of hydrogen-bond donors (Lipinski definition) is 0. The number of benzene rings is 2. The molecule has 37 heavy (non-hydrogen) atoms. The second-order valence-electron chi connectivity index (χ2n) is 9.60. The van der Waals surface area contributed by atoms with Crippen molar-refractivity contribution in [3.05, 3.63) is 71.6 Å². The molecule has 0 fully saturated rings. The Morgan fingerprint density at radius 1 is 1.14 bits per heavy atom. The van der Waals surface area contributed by atoms with Crippen molar-refractivity contribution < 1.29 is 36.1 Å². The molecule has 0 bridgehead atoms. The molecule has 0 aliphatic carbocycles. The Bertz CT molecular complexity index is 1720. The first-order valence-electron chi connectivity index (χ1n) is 16.7. The molecule has 0 radical (unpaired) electrons. The van der Waals surface area contributed by atoms with Gasteiger partial charge < -0.3 is 28.4 Å². The Hall–Kier alpha value is -3.87. The first kappa shape index (κ1) is 15.4. The number of methoxy groups -OCH3 is 3. The van der Waals surface area contributed by atoms with E-state index in [9.17, 15) is 4.79 Å². The summed E-state index contributed by atoms with van der Waals surface area (Å²) in [5, 5.41) is 1.14. The number of rotatable bonds is 7. The number of hydrogen-bond acceptors (Lipinski definition) is 6. The van der Waals surface area contributed by atoms with Crippen molar-refractivity contribution in [2.45, 2.75) is 32.2 Å². The van der Waals surface area contributed by atoms with Gasteiger partial charge >= 0.3 is 5.97 Å². The highest BCUT2D eigenvalue weighted by molar-refractivity contribution is 5.93. The quantitative estimate of drug-likeness (QED) is 0.387. The zero-order chi connectivity index (χ0) is 33.2. The van der Waals surface area contributed by atoms with Crippen LogP contribution in [0.4, 0.5) is 0 Å². The monoisotopic (exact) mass is 509 g/mol. The smallest absolute Gasteiger partial charge is 0.338 e. The van der Waals surface area contributed by atoms with Crippen LogP contribution in [-0.4, -0.2) is 49.7 Å². The lowest BCUT2D eigenvalue weighted by atomic mass is 9.67. The topological polar surface area (TPSA) is 62.2 Å². The summed E-state index contributed by atoms with van der Waals surface area (Å²) >= 11 is 0. The van der Waals surface area contributed by atoms with E-state index in [1.165, 1.54) is 11.3 Å². The van der Waals surface area contributed by atoms with Crippen LogP contribution in [0.5, 0.6) is 17.2 Å². The Morgan fingerprint density at radius 2 is 1.92 bits per heavy atom. The third kappa shape index (κ3) is 3.44. The van der Waals surface area contributed by atoms with Crippen molar-refractivity contribution >= 4 is 22.6 Å². The summed E-state index contributed by atoms with van der Waals surface area (Å²) in [6.45, 7) is 2.87. The molecule has 6 rings (SSSR count). The summed E-state index contributed by atoms with van der Waals surface area (Å²) in [6.07, 6.45) is 9.02. The molecule has 0 spiro atoms. The average Bonchev–Trinajstić information content (AvgIpc) is 3.29. The number of fused-ring (bicyclic) bond motifs is 3. The molecule has 2 atom stereocenters. The van der Waals surface area contributed by atoms with E-state index in [4.69, 9.17) is 31.3 Å². The summed E-state index contributed by atoms with van der Waals surface area (Å²) in [4.78, 5) is 16.0. The molecule has 0 unspecified atom stereocenters. The summed E-state index contributed by atoms with van der Waals surface area (Å²) < 4.78 is 90.4. The lowest BCUT2D eigenvalue weighted by molar-refractivity contribution is 0.0543. The first-order valence-corrected chi connectivity index (χ1v) is 12.2. The van der Waals surface area contributed by atoms with Gasteiger partial charge in [-0.1, -0.05) is 37.3 Å². The van der Waals surface area contributed by atoms with Crippen molar-refractivity contribution in [2.75, 3.05) is 34.3 Å². The maximum Gasteiger partial charge on any atom is 0.338 e. The fraction of sp³-hybridized carbons (Fsp3) is 0.367. The van der Waals surface area contributed by atoms with Gasteiger partial charge in [0.25, 0.3) is 0 Å². The molecule has 0 amide bonds. The molecule has 0 N–H and O–H groups in total. The van der Waals surface area contributed by atoms with Gasteiger partial charge in [0.15, 0.2) is 11.5 Å². The summed E-state index contributed by atoms with van der Waals surface area (Å²) in [5.74, 6) is -3.21. The number of nitrogens with zero attached hydrogens (tertiary/aromatic N) is 2. The van der Waals surface area contributed by atoms with Crippen LogP contribution < -0.4 is 14.2 Å². The molecule has 3 aliphatic heterocycles. The number of para-hydroxylation sites is 1. The number of esters is 1. The van der Waals surface area contributed by atoms with E-state index in [1.807, 2.05) is 18.2 Å². The molecular weight excluding hydrogens is 468 g/mol. The first-order chi connectivity index (χ1) is 21.5. The minimum Gasteiger partial charge on any atom is -0.493 e. The van der Waals surface area contributed by atoms with Gasteiger partial charge in [-0.15, -0.1) is 0 Å². The van der Waals surface area contributed by atoms with E-state index >= 15 is 0 Å². The number of carbonyl (C=O) groups excluding carboxylic acids is 1. The van der Waals surface area contributed by atoms with Crippen LogP contribution in [0.2, 0.25) is 0 Å². The summed E-state index contributed by atoms with van der Waals surface area (Å²) in [5.41, 5.74) is 3.60. The van der Waals surface area contributed by atoms with Crippen LogP contribution in [0.1, 0.15) is 59.8 Å². The van der Waals surface area contributed by atoms with Gasteiger partial charge in [-0.25, -0.2) is 4.79 Å². The van der Waals surface area contributed by atoms with E-state index in [2.05, 4.69) is 40.8 Å². The average molecular weight is 510 g/mol. The Kier molecular flexibility index (Phi) is 3.71. The molecule has 3 aliphatic rings. The minimum absolute atomic E-state index is 0.114. The van der Waals surface area contributed by atoms with Gasteiger partial charge in [0.1, 0.15) is 6.61 Å². The third-order valence-electron chi connectivity index (χ3n) is 7.90. The van der Waals surface area contributed by atoms with Crippen LogP contribution in [-0.2, 0) is 11.2 Å². The van der Waals surface area contributed by atoms with E-state index in [0.717, 1.165) is 54.5 Å². The largest absolute Gasteiger partial charge is 0.493 e. The number of ether oxygens (including phenoxy) is 4. The van der Waals surface area contributed by atoms with Gasteiger partial charge in [-0.3, -0.25) is 0 Å². The molecule has 192 valence electrons. The predicted molar refractivity (Wildman–Crippen MR) is 142 cm³/mol. The molecule has 1 aromatic heterocycles. The van der Waals surface area contributed by atoms with Gasteiger partial charge in [0.05, 0.1) is 62.0 Å². The fourth-order valence-corrected chi connectivity index (χ4v) is 6.25. The normalized spacial score (nSPS) is 26.0. The van der Waals surface area contributed by atoms with Crippen LogP contribution in [0, 0.1) is 5.41 Å². The van der Waals surface area contributed by atoms with Crippen molar-refractivity contribution in [3.63, 3.8) is 0 Å². The Balaban J connectivity index is 1.40. The minimum atomic E-state index is -3.13. The zero-order valence-corrected chi connectivity index (χ0v) is 20.2. The van der Waals surface area contributed by atoms with Gasteiger partial charge in [-0.05, 0) is 49.2 Å². The lowest BCUT2D eigenvalue weighted by Crippen LogP contribution is -2.46. The number of aromatic nitrogens is 1. The highest BCUT2D eigenvalue weighted by Crippen LogP contribution is 2.56. The second-order valence-corrected chi connectivity index (χ2v) is 9.60. The maximum atomic E-state index is 13.6. The fourth-order valence-electron chi connectivity index (χ4n) is 6.25. The lowest BCUT2D eigenvalue weighted by Gasteiger charge is -2.52. The SMILES string of the molecule is [2H]C([2H])([2H])Oc1cc(C(=O)OCC2=C[C@]3(CC)CC=CN4CCc5c(n2c2ccccc52)[C@@H]43)cc(OC([2H])([2H])[2H])c1OC([2H])([2H])[2H]. The van der Waals surface area contributed by atoms with Crippen LogP contribution in [0.15, 0.2) is 54.8 Å². The molecule has 4 heterocycles. The molecule has 3 aromatic rings. The summed E-state index contributed by atoms with van der Waals surface area (Å²) in [6, 6.07) is 10.1. The van der Waals surface area contributed by atoms with Gasteiger partial charge in [-0.2, -0.15) is 0 Å². The van der Waals surface area contributed by atoms with Crippen LogP contribution >= 0.6 is 0 Å². The Morgan fingerprint density at radius 3 is 2.68 bits per heavy atom. The number of carbonyl (C=O) groups is 1. The van der Waals surface area contributed by atoms with Gasteiger partial charge in [0.2, 0.25) is 5.75 Å². The second kappa shape index (κ2) is 8.91. The van der Waals surface area contributed by atoms with Crippen molar-refractivity contribution in [1.29, 1.82) is 0 Å². The molecular formula is C30H32N2O5. The highest BCUT2D eigenvalue weighted by Gasteiger charge is 2.49. The molecule has 7 heteroatoms. The summed E-state index contributed by atoms with van der Waals surface area (Å²) in [7, 11) is -9.35. The highest BCUT2D eigenvalue weighted by atomic mass is 16.5. The number of allylic oxidation sites excluding steroid dienone is 1. The van der Waals surface area contributed by atoms with E-state index in [-0.39, 0.29) is 23.6 Å². The van der Waals surface area contributed by atoms with Crippen molar-refractivity contribution in [1.82, 2.24) is 9.47 Å². The van der Waals surface area contributed by atoms with Crippen molar-refractivity contribution in [2.24, 2.45) is 5.41 Å². The third-order valence-corrected chi connectivity index (χ3v) is 7.90. The molecule has 2 aromatic carbocycles. The molecule has 0 saturated heterocycles. The predicted octanol–water partition coefficient (Wildman–Crippen LogP) is 5.59. The standard InChI is InChI=1S/C30H32N2O5/c1-5-30-12-8-13-31-14-11-22-21-9-6-7-10-23(21)32(26(22)28(30)31)20(17-30)18-37-29(33)19-15-24(34-2)27(36-4)25(16-19)35-3/h6-10,13,15-17,28H,5,11-12,14,18H2,1-4H3/t28-,30+/m1/s1/i2D3,3D3,4D3. The zero-order valence-electron chi connectivity index (χ0n) is 29.2. The van der Waals surface area contributed by atoms with Crippen LogP contribution in [0.25, 0.3) is 16.6 Å². The van der Waals surface area contributed by atoms with E-state index < -0.39 is 44.3 Å². The van der Waals surface area contributed by atoms with E-state index in [1.54, 1.807) is 0 Å². The van der Waals surface area contributed by atoms with Gasteiger partial charge in [0, 0.05) is 17.3 Å². The molecule has 7 nitrogen and oxygen atoms in total. The maximum absolute atomic E-state index is 13.6. The Labute approximate surface area is 229 Å². The van der Waals surface area contributed by atoms with Crippen molar-refractivity contribution in [3.8, 4) is 17.2 Å².